The third-order valence-electron chi connectivity index (χ3n) is 3.76. The Morgan fingerprint density at radius 2 is 1.91 bits per heavy atom. The van der Waals surface area contributed by atoms with Gasteiger partial charge in [0.1, 0.15) is 5.60 Å². The average molecular weight is 320 g/mol. The summed E-state index contributed by atoms with van der Waals surface area (Å²) < 4.78 is 10.4. The highest BCUT2D eigenvalue weighted by Crippen LogP contribution is 2.21. The predicted octanol–water partition coefficient (Wildman–Crippen LogP) is 2.98. The van der Waals surface area contributed by atoms with Gasteiger partial charge in [0.2, 0.25) is 0 Å². The number of hydrogen-bond donors (Lipinski definition) is 2. The molecule has 5 heteroatoms. The van der Waals surface area contributed by atoms with Crippen molar-refractivity contribution in [3.05, 3.63) is 35.4 Å². The van der Waals surface area contributed by atoms with Gasteiger partial charge < -0.3 is 20.1 Å². The highest BCUT2D eigenvalue weighted by Gasteiger charge is 2.31. The summed E-state index contributed by atoms with van der Waals surface area (Å²) in [6.07, 6.45) is 1.56. The van der Waals surface area contributed by atoms with E-state index in [1.807, 2.05) is 20.8 Å². The fourth-order valence-electron chi connectivity index (χ4n) is 2.63. The third-order valence-corrected chi connectivity index (χ3v) is 3.76. The summed E-state index contributed by atoms with van der Waals surface area (Å²) in [6, 6.07) is 9.05. The van der Waals surface area contributed by atoms with Gasteiger partial charge >= 0.3 is 6.09 Å². The van der Waals surface area contributed by atoms with E-state index in [1.54, 1.807) is 7.11 Å². The van der Waals surface area contributed by atoms with E-state index in [9.17, 15) is 4.79 Å². The van der Waals surface area contributed by atoms with Crippen molar-refractivity contribution in [3.8, 4) is 0 Å². The first-order valence-electron chi connectivity index (χ1n) is 8.15. The molecule has 0 spiro atoms. The predicted molar refractivity (Wildman–Crippen MR) is 90.2 cm³/mol. The number of carbonyl (C=O) groups is 1. The summed E-state index contributed by atoms with van der Waals surface area (Å²) in [6.45, 7) is 7.08. The van der Waals surface area contributed by atoms with Gasteiger partial charge in [0.15, 0.2) is 0 Å². The lowest BCUT2D eigenvalue weighted by atomic mass is 9.86. The molecule has 0 aliphatic heterocycles. The first kappa shape index (κ1) is 17.8. The average Bonchev–Trinajstić information content (AvgIpc) is 2.40. The quantitative estimate of drug-likeness (QED) is 0.846. The van der Waals surface area contributed by atoms with Crippen LogP contribution in [-0.2, 0) is 22.6 Å². The van der Waals surface area contributed by atoms with Gasteiger partial charge in [-0.3, -0.25) is 0 Å². The van der Waals surface area contributed by atoms with Crippen molar-refractivity contribution in [2.24, 2.45) is 0 Å². The van der Waals surface area contributed by atoms with Gasteiger partial charge in [-0.15, -0.1) is 0 Å². The Labute approximate surface area is 138 Å². The van der Waals surface area contributed by atoms with Crippen LogP contribution in [-0.4, -0.2) is 30.9 Å². The standard InChI is InChI=1S/C18H28N2O3/c1-18(2,3)23-17(21)20-16-9-15(10-16)19-11-13-6-5-7-14(8-13)12-22-4/h5-8,15-16,19H,9-12H2,1-4H3,(H,20,21). The molecule has 0 aromatic heterocycles. The first-order valence-corrected chi connectivity index (χ1v) is 8.15. The topological polar surface area (TPSA) is 59.6 Å². The number of amides is 1. The zero-order valence-electron chi connectivity index (χ0n) is 14.5. The number of ether oxygens (including phenoxy) is 2. The SMILES string of the molecule is COCc1cccc(CNC2CC(NC(=O)OC(C)(C)C)C2)c1. The number of hydrogen-bond acceptors (Lipinski definition) is 4. The molecule has 0 bridgehead atoms. The minimum atomic E-state index is -0.446. The number of methoxy groups -OCH3 is 1. The van der Waals surface area contributed by atoms with E-state index < -0.39 is 5.60 Å². The fraction of sp³-hybridized carbons (Fsp3) is 0.611. The van der Waals surface area contributed by atoms with Crippen molar-refractivity contribution in [2.45, 2.75) is 64.4 Å². The summed E-state index contributed by atoms with van der Waals surface area (Å²) in [7, 11) is 1.71. The summed E-state index contributed by atoms with van der Waals surface area (Å²) in [4.78, 5) is 11.7. The van der Waals surface area contributed by atoms with Gasteiger partial charge in [-0.05, 0) is 44.7 Å². The van der Waals surface area contributed by atoms with Crippen LogP contribution in [0.25, 0.3) is 0 Å². The van der Waals surface area contributed by atoms with Gasteiger partial charge in [0.25, 0.3) is 0 Å². The van der Waals surface area contributed by atoms with E-state index in [0.29, 0.717) is 12.6 Å². The molecule has 1 aromatic rings. The Hall–Kier alpha value is -1.59. The molecule has 2 N–H and O–H groups in total. The second kappa shape index (κ2) is 7.79. The van der Waals surface area contributed by atoms with Crippen LogP contribution in [0.2, 0.25) is 0 Å². The summed E-state index contributed by atoms with van der Waals surface area (Å²) in [5, 5.41) is 6.43. The van der Waals surface area contributed by atoms with E-state index >= 15 is 0 Å². The molecule has 5 nitrogen and oxygen atoms in total. The van der Waals surface area contributed by atoms with Gasteiger partial charge in [0.05, 0.1) is 6.61 Å². The van der Waals surface area contributed by atoms with E-state index in [1.165, 1.54) is 11.1 Å². The second-order valence-electron chi connectivity index (χ2n) is 7.15. The number of rotatable bonds is 6. The zero-order chi connectivity index (χ0) is 16.9. The van der Waals surface area contributed by atoms with Crippen LogP contribution in [0.4, 0.5) is 4.79 Å². The lowest BCUT2D eigenvalue weighted by molar-refractivity contribution is 0.0465. The van der Waals surface area contributed by atoms with Crippen LogP contribution in [0.15, 0.2) is 24.3 Å². The molecule has 1 aromatic carbocycles. The maximum absolute atomic E-state index is 11.7. The number of benzene rings is 1. The van der Waals surface area contributed by atoms with E-state index in [-0.39, 0.29) is 12.1 Å². The van der Waals surface area contributed by atoms with Crippen molar-refractivity contribution in [3.63, 3.8) is 0 Å². The second-order valence-corrected chi connectivity index (χ2v) is 7.15. The Bertz CT molecular complexity index is 519. The lowest BCUT2D eigenvalue weighted by Gasteiger charge is -2.36. The van der Waals surface area contributed by atoms with E-state index in [0.717, 1.165) is 19.4 Å². The first-order chi connectivity index (χ1) is 10.9. The Morgan fingerprint density at radius 1 is 1.22 bits per heavy atom. The monoisotopic (exact) mass is 320 g/mol. The van der Waals surface area contributed by atoms with E-state index in [2.05, 4.69) is 34.9 Å². The molecule has 1 fully saturated rings. The molecule has 1 aliphatic carbocycles. The minimum absolute atomic E-state index is 0.210. The van der Waals surface area contributed by atoms with Crippen LogP contribution in [0.3, 0.4) is 0 Å². The molecule has 23 heavy (non-hydrogen) atoms. The summed E-state index contributed by atoms with van der Waals surface area (Å²) in [5.74, 6) is 0. The third kappa shape index (κ3) is 6.20. The zero-order valence-corrected chi connectivity index (χ0v) is 14.5. The van der Waals surface area contributed by atoms with Gasteiger partial charge in [-0.2, -0.15) is 0 Å². The maximum atomic E-state index is 11.7. The Kier molecular flexibility index (Phi) is 6.02. The fourth-order valence-corrected chi connectivity index (χ4v) is 2.63. The highest BCUT2D eigenvalue weighted by molar-refractivity contribution is 5.68. The Balaban J connectivity index is 1.66. The molecule has 0 radical (unpaired) electrons. The van der Waals surface area contributed by atoms with Crippen LogP contribution in [0, 0.1) is 0 Å². The normalized spacial score (nSPS) is 20.7. The molecule has 128 valence electrons. The summed E-state index contributed by atoms with van der Waals surface area (Å²) in [5.41, 5.74) is 1.99. The largest absolute Gasteiger partial charge is 0.444 e. The molecular weight excluding hydrogens is 292 g/mol. The van der Waals surface area contributed by atoms with E-state index in [4.69, 9.17) is 9.47 Å². The molecule has 0 heterocycles. The molecule has 1 saturated carbocycles. The Morgan fingerprint density at radius 3 is 2.57 bits per heavy atom. The number of carbonyl (C=O) groups excluding carboxylic acids is 1. The van der Waals surface area contributed by atoms with Crippen LogP contribution in [0.5, 0.6) is 0 Å². The van der Waals surface area contributed by atoms with Gasteiger partial charge in [-0.25, -0.2) is 4.79 Å². The van der Waals surface area contributed by atoms with Crippen molar-refractivity contribution in [1.29, 1.82) is 0 Å². The van der Waals surface area contributed by atoms with Crippen LogP contribution < -0.4 is 10.6 Å². The lowest BCUT2D eigenvalue weighted by Crippen LogP contribution is -2.52. The highest BCUT2D eigenvalue weighted by atomic mass is 16.6. The van der Waals surface area contributed by atoms with Crippen LogP contribution in [0.1, 0.15) is 44.7 Å². The number of nitrogens with one attached hydrogen (secondary N) is 2. The van der Waals surface area contributed by atoms with Gasteiger partial charge in [-0.1, -0.05) is 24.3 Å². The molecule has 0 atom stereocenters. The van der Waals surface area contributed by atoms with Gasteiger partial charge in [0, 0.05) is 25.7 Å². The van der Waals surface area contributed by atoms with Crippen LogP contribution >= 0.6 is 0 Å². The van der Waals surface area contributed by atoms with Crippen molar-refractivity contribution < 1.29 is 14.3 Å². The molecule has 0 unspecified atom stereocenters. The number of alkyl carbamates (subject to hydrolysis) is 1. The van der Waals surface area contributed by atoms with Crippen molar-refractivity contribution >= 4 is 6.09 Å². The van der Waals surface area contributed by atoms with Crippen molar-refractivity contribution in [2.75, 3.05) is 7.11 Å². The molecular formula is C18H28N2O3. The molecule has 1 amide bonds. The molecule has 0 saturated heterocycles. The molecule has 1 aliphatic rings. The maximum Gasteiger partial charge on any atom is 0.407 e. The smallest absolute Gasteiger partial charge is 0.407 e. The summed E-state index contributed by atoms with van der Waals surface area (Å²) >= 11 is 0. The minimum Gasteiger partial charge on any atom is -0.444 e. The van der Waals surface area contributed by atoms with Crippen molar-refractivity contribution in [1.82, 2.24) is 10.6 Å². The molecule has 2 rings (SSSR count).